The van der Waals surface area contributed by atoms with Crippen molar-refractivity contribution in [2.45, 2.75) is 6.61 Å². The lowest BCUT2D eigenvalue weighted by molar-refractivity contribution is -0.133. The molecule has 2 N–H and O–H groups in total. The molecule has 2 aromatic rings. The number of benzene rings is 2. The van der Waals surface area contributed by atoms with Gasteiger partial charge in [-0.15, -0.1) is 0 Å². The molecule has 0 aliphatic carbocycles. The monoisotopic (exact) mass is 343 g/mol. The van der Waals surface area contributed by atoms with Crippen molar-refractivity contribution >= 4 is 17.2 Å². The summed E-state index contributed by atoms with van der Waals surface area (Å²) in [5.74, 6) is 0.699. The van der Waals surface area contributed by atoms with Crippen LogP contribution in [0, 0.1) is 0 Å². The molecule has 2 rings (SSSR count). The fraction of sp³-hybridized carbons (Fsp3) is 0.211. The number of ether oxygens (including phenoxy) is 4. The van der Waals surface area contributed by atoms with Crippen molar-refractivity contribution in [3.63, 3.8) is 0 Å². The maximum absolute atomic E-state index is 12.0. The second kappa shape index (κ2) is 8.63. The van der Waals surface area contributed by atoms with Gasteiger partial charge in [-0.1, -0.05) is 24.3 Å². The summed E-state index contributed by atoms with van der Waals surface area (Å²) >= 11 is 0. The molecule has 0 atom stereocenters. The van der Waals surface area contributed by atoms with Crippen LogP contribution in [0.5, 0.6) is 11.5 Å². The average Bonchev–Trinajstić information content (AvgIpc) is 2.64. The standard InChI is InChI=1S/C19H21NO5/c1-22-12-16(19(21)24-3)15-7-5-4-6-13(15)11-25-18-9-8-14(23-2)10-17(18)20/h4-10,12H,11,20H2,1-3H3. The van der Waals surface area contributed by atoms with E-state index in [9.17, 15) is 4.79 Å². The number of carbonyl (C=O) groups excluding carboxylic acids is 1. The molecule has 0 aromatic heterocycles. The van der Waals surface area contributed by atoms with Crippen molar-refractivity contribution < 1.29 is 23.7 Å². The van der Waals surface area contributed by atoms with Crippen LogP contribution in [-0.4, -0.2) is 27.3 Å². The maximum Gasteiger partial charge on any atom is 0.341 e. The van der Waals surface area contributed by atoms with E-state index < -0.39 is 5.97 Å². The van der Waals surface area contributed by atoms with Gasteiger partial charge in [0.1, 0.15) is 23.7 Å². The Hall–Kier alpha value is -3.15. The predicted molar refractivity (Wildman–Crippen MR) is 95.2 cm³/mol. The zero-order chi connectivity index (χ0) is 18.2. The Labute approximate surface area is 146 Å². The van der Waals surface area contributed by atoms with Gasteiger partial charge in [0.25, 0.3) is 0 Å². The number of nitrogen functional groups attached to an aromatic ring is 1. The second-order valence-electron chi connectivity index (χ2n) is 5.11. The number of anilines is 1. The Balaban J connectivity index is 2.26. The molecule has 0 bridgehead atoms. The number of nitrogens with two attached hydrogens (primary N) is 1. The third kappa shape index (κ3) is 4.44. The molecule has 0 aliphatic heterocycles. The zero-order valence-corrected chi connectivity index (χ0v) is 14.4. The van der Waals surface area contributed by atoms with Gasteiger partial charge in [0.05, 0.1) is 33.3 Å². The number of hydrogen-bond acceptors (Lipinski definition) is 6. The van der Waals surface area contributed by atoms with Gasteiger partial charge >= 0.3 is 5.97 Å². The number of esters is 1. The number of carbonyl (C=O) groups is 1. The van der Waals surface area contributed by atoms with Crippen molar-refractivity contribution in [3.8, 4) is 11.5 Å². The molecule has 2 aromatic carbocycles. The van der Waals surface area contributed by atoms with Gasteiger partial charge < -0.3 is 24.7 Å². The molecule has 0 spiro atoms. The summed E-state index contributed by atoms with van der Waals surface area (Å²) < 4.78 is 20.8. The van der Waals surface area contributed by atoms with Crippen molar-refractivity contribution in [1.82, 2.24) is 0 Å². The molecule has 0 unspecified atom stereocenters. The highest BCUT2D eigenvalue weighted by Crippen LogP contribution is 2.28. The van der Waals surface area contributed by atoms with Crippen LogP contribution < -0.4 is 15.2 Å². The Morgan fingerprint density at radius 2 is 1.88 bits per heavy atom. The van der Waals surface area contributed by atoms with Gasteiger partial charge in [-0.25, -0.2) is 4.79 Å². The van der Waals surface area contributed by atoms with E-state index in [4.69, 9.17) is 24.7 Å². The third-order valence-corrected chi connectivity index (χ3v) is 3.55. The van der Waals surface area contributed by atoms with Gasteiger partial charge in [-0.05, 0) is 23.3 Å². The first kappa shape index (κ1) is 18.2. The largest absolute Gasteiger partial charge is 0.503 e. The molecular formula is C19H21NO5. The molecule has 25 heavy (non-hydrogen) atoms. The van der Waals surface area contributed by atoms with E-state index >= 15 is 0 Å². The lowest BCUT2D eigenvalue weighted by Crippen LogP contribution is -2.08. The number of methoxy groups -OCH3 is 3. The molecule has 0 radical (unpaired) electrons. The lowest BCUT2D eigenvalue weighted by atomic mass is 10.0. The van der Waals surface area contributed by atoms with Gasteiger partial charge in [0.15, 0.2) is 0 Å². The molecule has 6 nitrogen and oxygen atoms in total. The van der Waals surface area contributed by atoms with Crippen molar-refractivity contribution in [3.05, 3.63) is 59.9 Å². The molecule has 0 amide bonds. The minimum atomic E-state index is -0.488. The van der Waals surface area contributed by atoms with Gasteiger partial charge in [0, 0.05) is 6.07 Å². The first-order valence-corrected chi connectivity index (χ1v) is 7.56. The van der Waals surface area contributed by atoms with Crippen LogP contribution in [0.1, 0.15) is 11.1 Å². The van der Waals surface area contributed by atoms with Crippen LogP contribution in [0.4, 0.5) is 5.69 Å². The van der Waals surface area contributed by atoms with Crippen molar-refractivity contribution in [2.24, 2.45) is 0 Å². The molecule has 6 heteroatoms. The Bertz CT molecular complexity index is 770. The van der Waals surface area contributed by atoms with Crippen LogP contribution in [-0.2, 0) is 20.9 Å². The fourth-order valence-corrected chi connectivity index (χ4v) is 2.30. The summed E-state index contributed by atoms with van der Waals surface area (Å²) in [4.78, 5) is 12.0. The summed E-state index contributed by atoms with van der Waals surface area (Å²) in [6.45, 7) is 0.227. The Morgan fingerprint density at radius 3 is 2.52 bits per heavy atom. The van der Waals surface area contributed by atoms with E-state index in [-0.39, 0.29) is 6.61 Å². The third-order valence-electron chi connectivity index (χ3n) is 3.55. The van der Waals surface area contributed by atoms with E-state index in [0.717, 1.165) is 5.56 Å². The van der Waals surface area contributed by atoms with Crippen LogP contribution >= 0.6 is 0 Å². The highest BCUT2D eigenvalue weighted by Gasteiger charge is 2.17. The molecule has 0 heterocycles. The van der Waals surface area contributed by atoms with Gasteiger partial charge in [-0.2, -0.15) is 0 Å². The average molecular weight is 343 g/mol. The summed E-state index contributed by atoms with van der Waals surface area (Å²) in [6, 6.07) is 12.5. The Morgan fingerprint density at radius 1 is 1.12 bits per heavy atom. The van der Waals surface area contributed by atoms with E-state index in [1.807, 2.05) is 18.2 Å². The van der Waals surface area contributed by atoms with E-state index in [1.165, 1.54) is 20.5 Å². The van der Waals surface area contributed by atoms with Crippen molar-refractivity contribution in [1.29, 1.82) is 0 Å². The van der Waals surface area contributed by atoms with Crippen LogP contribution in [0.3, 0.4) is 0 Å². The SMILES string of the molecule is COC=C(C(=O)OC)c1ccccc1COc1ccc(OC)cc1N. The van der Waals surface area contributed by atoms with Crippen molar-refractivity contribution in [2.75, 3.05) is 27.1 Å². The van der Waals surface area contributed by atoms with Crippen LogP contribution in [0.15, 0.2) is 48.7 Å². The highest BCUT2D eigenvalue weighted by molar-refractivity contribution is 6.16. The number of rotatable bonds is 7. The minimum Gasteiger partial charge on any atom is -0.503 e. The predicted octanol–water partition coefficient (Wildman–Crippen LogP) is 3.02. The highest BCUT2D eigenvalue weighted by atomic mass is 16.5. The maximum atomic E-state index is 12.0. The first-order valence-electron chi connectivity index (χ1n) is 7.56. The smallest absolute Gasteiger partial charge is 0.341 e. The van der Waals surface area contributed by atoms with Gasteiger partial charge in [-0.3, -0.25) is 0 Å². The first-order chi connectivity index (χ1) is 12.1. The Kier molecular flexibility index (Phi) is 6.28. The minimum absolute atomic E-state index is 0.227. The second-order valence-corrected chi connectivity index (χ2v) is 5.11. The quantitative estimate of drug-likeness (QED) is 0.360. The summed E-state index contributed by atoms with van der Waals surface area (Å²) in [7, 11) is 4.37. The molecule has 132 valence electrons. The lowest BCUT2D eigenvalue weighted by Gasteiger charge is -2.14. The van der Waals surface area contributed by atoms with E-state index in [1.54, 1.807) is 31.4 Å². The summed E-state index contributed by atoms with van der Waals surface area (Å²) in [5.41, 5.74) is 8.22. The topological polar surface area (TPSA) is 80.0 Å². The summed E-state index contributed by atoms with van der Waals surface area (Å²) in [5, 5.41) is 0. The molecule has 0 fully saturated rings. The molecule has 0 aliphatic rings. The van der Waals surface area contributed by atoms with E-state index in [0.29, 0.717) is 28.3 Å². The van der Waals surface area contributed by atoms with Crippen LogP contribution in [0.25, 0.3) is 5.57 Å². The van der Waals surface area contributed by atoms with E-state index in [2.05, 4.69) is 0 Å². The normalized spacial score (nSPS) is 10.9. The fourth-order valence-electron chi connectivity index (χ4n) is 2.30. The summed E-state index contributed by atoms with van der Waals surface area (Å²) in [6.07, 6.45) is 1.35. The van der Waals surface area contributed by atoms with Crippen LogP contribution in [0.2, 0.25) is 0 Å². The molecular weight excluding hydrogens is 322 g/mol. The zero-order valence-electron chi connectivity index (χ0n) is 14.4. The number of hydrogen-bond donors (Lipinski definition) is 1. The van der Waals surface area contributed by atoms with Gasteiger partial charge in [0.2, 0.25) is 0 Å². The molecule has 0 saturated carbocycles. The molecule has 0 saturated heterocycles.